The number of hydrogen-bond donors (Lipinski definition) is 1. The number of rotatable bonds is 5. The van der Waals surface area contributed by atoms with Crippen molar-refractivity contribution in [3.8, 4) is 5.75 Å². The highest BCUT2D eigenvalue weighted by atomic mass is 32.1. The number of amides is 1. The van der Waals surface area contributed by atoms with Crippen molar-refractivity contribution in [2.75, 3.05) is 6.61 Å². The maximum atomic E-state index is 12.7. The molecule has 1 amide bonds. The largest absolute Gasteiger partial charge is 0.493 e. The van der Waals surface area contributed by atoms with E-state index >= 15 is 0 Å². The quantitative estimate of drug-likeness (QED) is 0.913. The third-order valence-electron chi connectivity index (χ3n) is 4.85. The second-order valence-electron chi connectivity index (χ2n) is 6.68. The number of hydrogen-bond acceptors (Lipinski definition) is 3. The van der Waals surface area contributed by atoms with Crippen LogP contribution in [0.5, 0.6) is 5.75 Å². The minimum absolute atomic E-state index is 0.139. The van der Waals surface area contributed by atoms with Gasteiger partial charge in [0.1, 0.15) is 5.75 Å². The van der Waals surface area contributed by atoms with E-state index in [1.54, 1.807) is 11.3 Å². The van der Waals surface area contributed by atoms with Crippen LogP contribution >= 0.6 is 11.3 Å². The van der Waals surface area contributed by atoms with Crippen molar-refractivity contribution in [1.82, 2.24) is 5.32 Å². The van der Waals surface area contributed by atoms with Gasteiger partial charge >= 0.3 is 0 Å². The molecule has 1 fully saturated rings. The first-order valence-electron chi connectivity index (χ1n) is 8.27. The standard InChI is InChI=1S/C19H21NO2S/c1-13(11-14-4-5-16-15(12-14)6-9-22-16)20-18(21)19(7-8-19)17-3-2-10-23-17/h2-5,10,12-13H,6-9,11H2,1H3,(H,20,21). The maximum absolute atomic E-state index is 12.7. The predicted molar refractivity (Wildman–Crippen MR) is 92.2 cm³/mol. The van der Waals surface area contributed by atoms with E-state index in [-0.39, 0.29) is 17.4 Å². The Labute approximate surface area is 140 Å². The third-order valence-corrected chi connectivity index (χ3v) is 5.92. The summed E-state index contributed by atoms with van der Waals surface area (Å²) in [5.41, 5.74) is 2.31. The first-order chi connectivity index (χ1) is 11.2. The Bertz CT molecular complexity index is 719. The Hall–Kier alpha value is -1.81. The fourth-order valence-electron chi connectivity index (χ4n) is 3.39. The molecule has 0 bridgehead atoms. The fourth-order valence-corrected chi connectivity index (χ4v) is 4.38. The van der Waals surface area contributed by atoms with E-state index in [1.165, 1.54) is 16.0 Å². The molecule has 2 aromatic rings. The molecular formula is C19H21NO2S. The summed E-state index contributed by atoms with van der Waals surface area (Å²) in [6, 6.07) is 10.6. The zero-order valence-corrected chi connectivity index (χ0v) is 14.1. The van der Waals surface area contributed by atoms with Crippen LogP contribution in [0.1, 0.15) is 35.8 Å². The van der Waals surface area contributed by atoms with Crippen LogP contribution in [-0.4, -0.2) is 18.6 Å². The van der Waals surface area contributed by atoms with Crippen molar-refractivity contribution in [3.63, 3.8) is 0 Å². The summed E-state index contributed by atoms with van der Waals surface area (Å²) < 4.78 is 5.55. The SMILES string of the molecule is CC(Cc1ccc2c(c1)CCO2)NC(=O)C1(c2cccs2)CC1. The number of ether oxygens (including phenoxy) is 1. The zero-order valence-electron chi connectivity index (χ0n) is 13.3. The van der Waals surface area contributed by atoms with Gasteiger partial charge in [-0.3, -0.25) is 4.79 Å². The van der Waals surface area contributed by atoms with Gasteiger partial charge in [0.15, 0.2) is 0 Å². The second kappa shape index (κ2) is 5.68. The van der Waals surface area contributed by atoms with Gasteiger partial charge in [-0.1, -0.05) is 18.2 Å². The first kappa shape index (κ1) is 14.8. The van der Waals surface area contributed by atoms with Crippen molar-refractivity contribution >= 4 is 17.2 Å². The summed E-state index contributed by atoms with van der Waals surface area (Å²) in [6.45, 7) is 2.88. The summed E-state index contributed by atoms with van der Waals surface area (Å²) in [6.07, 6.45) is 3.80. The summed E-state index contributed by atoms with van der Waals surface area (Å²) in [5, 5.41) is 5.28. The van der Waals surface area contributed by atoms with Crippen LogP contribution in [0.3, 0.4) is 0 Å². The lowest BCUT2D eigenvalue weighted by molar-refractivity contribution is -0.124. The molecule has 1 unspecified atom stereocenters. The molecule has 0 saturated heterocycles. The number of thiophene rings is 1. The van der Waals surface area contributed by atoms with E-state index in [0.29, 0.717) is 0 Å². The van der Waals surface area contributed by atoms with Crippen molar-refractivity contribution in [2.45, 2.75) is 44.1 Å². The molecule has 1 atom stereocenters. The molecule has 1 aromatic heterocycles. The van der Waals surface area contributed by atoms with Gasteiger partial charge in [0.25, 0.3) is 0 Å². The molecule has 1 N–H and O–H groups in total. The monoisotopic (exact) mass is 327 g/mol. The molecule has 120 valence electrons. The molecule has 1 aliphatic heterocycles. The lowest BCUT2D eigenvalue weighted by Gasteiger charge is -2.19. The molecule has 2 aliphatic rings. The van der Waals surface area contributed by atoms with Gasteiger partial charge < -0.3 is 10.1 Å². The molecule has 23 heavy (non-hydrogen) atoms. The van der Waals surface area contributed by atoms with Gasteiger partial charge in [0.05, 0.1) is 12.0 Å². The van der Waals surface area contributed by atoms with E-state index < -0.39 is 0 Å². The van der Waals surface area contributed by atoms with Crippen molar-refractivity contribution in [3.05, 3.63) is 51.7 Å². The van der Waals surface area contributed by atoms with E-state index in [2.05, 4.69) is 41.9 Å². The van der Waals surface area contributed by atoms with Crippen LogP contribution < -0.4 is 10.1 Å². The third kappa shape index (κ3) is 2.76. The summed E-state index contributed by atoms with van der Waals surface area (Å²) in [5.74, 6) is 1.21. The van der Waals surface area contributed by atoms with Gasteiger partial charge in [-0.25, -0.2) is 0 Å². The Morgan fingerprint density at radius 2 is 2.26 bits per heavy atom. The number of benzene rings is 1. The van der Waals surface area contributed by atoms with Gasteiger partial charge in [-0.15, -0.1) is 11.3 Å². The fraction of sp³-hybridized carbons (Fsp3) is 0.421. The minimum atomic E-state index is -0.242. The van der Waals surface area contributed by atoms with Gasteiger partial charge in [-0.05, 0) is 54.8 Å². The highest BCUT2D eigenvalue weighted by Crippen LogP contribution is 2.50. The Kier molecular flexibility index (Phi) is 3.64. The Balaban J connectivity index is 1.40. The highest BCUT2D eigenvalue weighted by molar-refractivity contribution is 7.10. The maximum Gasteiger partial charge on any atom is 0.231 e. The highest BCUT2D eigenvalue weighted by Gasteiger charge is 2.52. The number of nitrogens with one attached hydrogen (secondary N) is 1. The average molecular weight is 327 g/mol. The normalized spacial score (nSPS) is 18.8. The lowest BCUT2D eigenvalue weighted by atomic mass is 10.0. The molecule has 3 nitrogen and oxygen atoms in total. The number of carbonyl (C=O) groups is 1. The minimum Gasteiger partial charge on any atom is -0.493 e. The first-order valence-corrected chi connectivity index (χ1v) is 9.15. The summed E-state index contributed by atoms with van der Waals surface area (Å²) >= 11 is 1.69. The van der Waals surface area contributed by atoms with Gasteiger partial charge in [-0.2, -0.15) is 0 Å². The molecule has 1 aliphatic carbocycles. The number of fused-ring (bicyclic) bond motifs is 1. The summed E-state index contributed by atoms with van der Waals surface area (Å²) in [4.78, 5) is 13.9. The zero-order chi connectivity index (χ0) is 15.9. The smallest absolute Gasteiger partial charge is 0.231 e. The van der Waals surface area contributed by atoms with E-state index in [1.807, 2.05) is 6.07 Å². The van der Waals surface area contributed by atoms with Crippen molar-refractivity contribution in [2.24, 2.45) is 0 Å². The van der Waals surface area contributed by atoms with Crippen LogP contribution in [0, 0.1) is 0 Å². The molecule has 1 aromatic carbocycles. The molecule has 0 spiro atoms. The van der Waals surface area contributed by atoms with Crippen molar-refractivity contribution in [1.29, 1.82) is 0 Å². The van der Waals surface area contributed by atoms with Crippen LogP contribution in [-0.2, 0) is 23.1 Å². The van der Waals surface area contributed by atoms with Gasteiger partial charge in [0.2, 0.25) is 5.91 Å². The lowest BCUT2D eigenvalue weighted by Crippen LogP contribution is -2.40. The van der Waals surface area contributed by atoms with Crippen LogP contribution in [0.15, 0.2) is 35.7 Å². The summed E-state index contributed by atoms with van der Waals surface area (Å²) in [7, 11) is 0. The Morgan fingerprint density at radius 1 is 1.39 bits per heavy atom. The predicted octanol–water partition coefficient (Wildman–Crippen LogP) is 3.46. The van der Waals surface area contributed by atoms with E-state index in [0.717, 1.165) is 38.0 Å². The average Bonchev–Trinajstić information content (AvgIpc) is 2.97. The Morgan fingerprint density at radius 3 is 3.00 bits per heavy atom. The van der Waals surface area contributed by atoms with Crippen LogP contribution in [0.25, 0.3) is 0 Å². The molecule has 4 rings (SSSR count). The topological polar surface area (TPSA) is 38.3 Å². The molecule has 1 saturated carbocycles. The van der Waals surface area contributed by atoms with Crippen LogP contribution in [0.2, 0.25) is 0 Å². The van der Waals surface area contributed by atoms with Gasteiger partial charge in [0, 0.05) is 17.3 Å². The van der Waals surface area contributed by atoms with E-state index in [9.17, 15) is 4.79 Å². The second-order valence-corrected chi connectivity index (χ2v) is 7.63. The van der Waals surface area contributed by atoms with Crippen LogP contribution in [0.4, 0.5) is 0 Å². The molecule has 0 radical (unpaired) electrons. The van der Waals surface area contributed by atoms with E-state index in [4.69, 9.17) is 4.74 Å². The molecule has 2 heterocycles. The van der Waals surface area contributed by atoms with Crippen molar-refractivity contribution < 1.29 is 9.53 Å². The number of carbonyl (C=O) groups excluding carboxylic acids is 1. The molecule has 4 heteroatoms. The molecular weight excluding hydrogens is 306 g/mol.